The summed E-state index contributed by atoms with van der Waals surface area (Å²) >= 11 is 0. The van der Waals surface area contributed by atoms with Crippen molar-refractivity contribution in [3.63, 3.8) is 0 Å². The second-order valence-corrected chi connectivity index (χ2v) is 6.13. The van der Waals surface area contributed by atoms with Gasteiger partial charge in [0.2, 0.25) is 12.3 Å². The summed E-state index contributed by atoms with van der Waals surface area (Å²) in [6.07, 6.45) is 2.35. The molecule has 1 saturated heterocycles. The highest BCUT2D eigenvalue weighted by Gasteiger charge is 2.30. The summed E-state index contributed by atoms with van der Waals surface area (Å²) in [5.41, 5.74) is 0.873. The molecule has 25 heavy (non-hydrogen) atoms. The van der Waals surface area contributed by atoms with E-state index in [1.807, 2.05) is 30.3 Å². The monoisotopic (exact) mass is 349 g/mol. The standard InChI is InChI=1S/C17H23N3O5/c21-12-19(24)11-14(10-13-6-2-1-3-7-13)16(22)18-15-8-4-5-9-20(25)17(15)23/h1-3,6-7,12,14-15,24-25H,4-5,8-11H2,(H,18,22)/t14-,15+/m1/s1. The van der Waals surface area contributed by atoms with Crippen LogP contribution in [0.4, 0.5) is 0 Å². The summed E-state index contributed by atoms with van der Waals surface area (Å²) in [5.74, 6) is -1.71. The molecule has 0 spiro atoms. The fourth-order valence-electron chi connectivity index (χ4n) is 2.85. The fourth-order valence-corrected chi connectivity index (χ4v) is 2.85. The van der Waals surface area contributed by atoms with Crippen LogP contribution in [0, 0.1) is 5.92 Å². The van der Waals surface area contributed by atoms with Gasteiger partial charge in [0.25, 0.3) is 5.91 Å². The van der Waals surface area contributed by atoms with Gasteiger partial charge >= 0.3 is 0 Å². The van der Waals surface area contributed by atoms with Crippen molar-refractivity contribution in [1.29, 1.82) is 0 Å². The Hall–Kier alpha value is -2.45. The zero-order valence-electron chi connectivity index (χ0n) is 13.9. The highest BCUT2D eigenvalue weighted by Crippen LogP contribution is 2.14. The predicted octanol–water partition coefficient (Wildman–Crippen LogP) is 0.579. The quantitative estimate of drug-likeness (QED) is 0.379. The molecule has 0 bridgehead atoms. The van der Waals surface area contributed by atoms with Crippen molar-refractivity contribution < 1.29 is 24.8 Å². The van der Waals surface area contributed by atoms with E-state index in [2.05, 4.69) is 5.32 Å². The zero-order chi connectivity index (χ0) is 18.2. The number of carbonyl (C=O) groups excluding carboxylic acids is 3. The molecule has 1 fully saturated rings. The highest BCUT2D eigenvalue weighted by atomic mass is 16.5. The lowest BCUT2D eigenvalue weighted by Crippen LogP contribution is -2.49. The van der Waals surface area contributed by atoms with Gasteiger partial charge in [0.1, 0.15) is 6.04 Å². The number of hydrogen-bond acceptors (Lipinski definition) is 5. The Labute approximate surface area is 145 Å². The minimum absolute atomic E-state index is 0.187. The number of nitrogens with one attached hydrogen (secondary N) is 1. The van der Waals surface area contributed by atoms with E-state index >= 15 is 0 Å². The minimum Gasteiger partial charge on any atom is -0.344 e. The van der Waals surface area contributed by atoms with E-state index in [0.717, 1.165) is 5.56 Å². The molecule has 1 aliphatic rings. The predicted molar refractivity (Wildman–Crippen MR) is 87.5 cm³/mol. The Morgan fingerprint density at radius 1 is 1.36 bits per heavy atom. The molecule has 136 valence electrons. The maximum atomic E-state index is 12.6. The van der Waals surface area contributed by atoms with Gasteiger partial charge in [-0.15, -0.1) is 0 Å². The van der Waals surface area contributed by atoms with Gasteiger partial charge in [0.15, 0.2) is 0 Å². The summed E-state index contributed by atoms with van der Waals surface area (Å²) in [6.45, 7) is 0.0577. The molecule has 1 aromatic carbocycles. The van der Waals surface area contributed by atoms with Crippen LogP contribution in [0.2, 0.25) is 0 Å². The summed E-state index contributed by atoms with van der Waals surface area (Å²) in [5, 5.41) is 22.8. The number of hydrogen-bond donors (Lipinski definition) is 3. The molecule has 3 amide bonds. The van der Waals surface area contributed by atoms with Gasteiger partial charge in [0.05, 0.1) is 12.5 Å². The summed E-state index contributed by atoms with van der Waals surface area (Å²) < 4.78 is 0. The number of carbonyl (C=O) groups is 3. The van der Waals surface area contributed by atoms with Crippen molar-refractivity contribution in [2.45, 2.75) is 31.7 Å². The van der Waals surface area contributed by atoms with E-state index in [9.17, 15) is 24.8 Å². The molecule has 0 aromatic heterocycles. The number of benzene rings is 1. The topological polar surface area (TPSA) is 110 Å². The zero-order valence-corrected chi connectivity index (χ0v) is 13.9. The Morgan fingerprint density at radius 3 is 2.76 bits per heavy atom. The van der Waals surface area contributed by atoms with Crippen molar-refractivity contribution >= 4 is 18.2 Å². The van der Waals surface area contributed by atoms with Crippen LogP contribution in [0.1, 0.15) is 24.8 Å². The van der Waals surface area contributed by atoms with E-state index in [-0.39, 0.29) is 19.5 Å². The number of nitrogens with zero attached hydrogens (tertiary/aromatic N) is 2. The molecule has 1 aromatic rings. The molecule has 0 aliphatic carbocycles. The Bertz CT molecular complexity index is 595. The molecule has 2 atom stereocenters. The lowest BCUT2D eigenvalue weighted by molar-refractivity contribution is -0.167. The first-order valence-electron chi connectivity index (χ1n) is 8.26. The third-order valence-corrected chi connectivity index (χ3v) is 4.21. The largest absolute Gasteiger partial charge is 0.344 e. The number of amides is 3. The van der Waals surface area contributed by atoms with Crippen LogP contribution in [-0.2, 0) is 20.8 Å². The lowest BCUT2D eigenvalue weighted by Gasteiger charge is -2.24. The van der Waals surface area contributed by atoms with Gasteiger partial charge in [-0.2, -0.15) is 0 Å². The van der Waals surface area contributed by atoms with Crippen LogP contribution >= 0.6 is 0 Å². The number of hydroxylamine groups is 4. The average molecular weight is 349 g/mol. The molecule has 1 aliphatic heterocycles. The van der Waals surface area contributed by atoms with E-state index in [1.54, 1.807) is 0 Å². The van der Waals surface area contributed by atoms with Gasteiger partial charge in [-0.25, -0.2) is 10.1 Å². The average Bonchev–Trinajstić information content (AvgIpc) is 2.77. The van der Waals surface area contributed by atoms with Crippen molar-refractivity contribution in [2.24, 2.45) is 5.92 Å². The molecular formula is C17H23N3O5. The summed E-state index contributed by atoms with van der Waals surface area (Å²) in [4.78, 5) is 35.4. The molecule has 0 radical (unpaired) electrons. The molecule has 0 unspecified atom stereocenters. The molecular weight excluding hydrogens is 326 g/mol. The first kappa shape index (κ1) is 18.9. The third-order valence-electron chi connectivity index (χ3n) is 4.21. The second-order valence-electron chi connectivity index (χ2n) is 6.13. The molecule has 2 rings (SSSR count). The van der Waals surface area contributed by atoms with Crippen LogP contribution in [0.15, 0.2) is 30.3 Å². The maximum absolute atomic E-state index is 12.6. The van der Waals surface area contributed by atoms with E-state index in [4.69, 9.17) is 0 Å². The van der Waals surface area contributed by atoms with Crippen molar-refractivity contribution in [1.82, 2.24) is 15.4 Å². The normalized spacial score (nSPS) is 19.0. The van der Waals surface area contributed by atoms with Gasteiger partial charge < -0.3 is 5.32 Å². The van der Waals surface area contributed by atoms with Crippen LogP contribution < -0.4 is 5.32 Å². The van der Waals surface area contributed by atoms with E-state index in [0.29, 0.717) is 35.8 Å². The second kappa shape index (κ2) is 9.14. The first-order valence-corrected chi connectivity index (χ1v) is 8.26. The molecule has 0 saturated carbocycles. The van der Waals surface area contributed by atoms with Crippen LogP contribution in [-0.4, -0.2) is 57.9 Å². The Morgan fingerprint density at radius 2 is 2.08 bits per heavy atom. The van der Waals surface area contributed by atoms with Gasteiger partial charge in [0, 0.05) is 6.54 Å². The fraction of sp³-hybridized carbons (Fsp3) is 0.471. The van der Waals surface area contributed by atoms with Crippen LogP contribution in [0.3, 0.4) is 0 Å². The van der Waals surface area contributed by atoms with E-state index < -0.39 is 23.8 Å². The molecule has 8 nitrogen and oxygen atoms in total. The molecule has 1 heterocycles. The van der Waals surface area contributed by atoms with Crippen LogP contribution in [0.25, 0.3) is 0 Å². The maximum Gasteiger partial charge on any atom is 0.268 e. The summed E-state index contributed by atoms with van der Waals surface area (Å²) in [6, 6.07) is 8.40. The molecule has 8 heteroatoms. The Kier molecular flexibility index (Phi) is 6.91. The van der Waals surface area contributed by atoms with Crippen molar-refractivity contribution in [3.8, 4) is 0 Å². The van der Waals surface area contributed by atoms with Gasteiger partial charge in [-0.1, -0.05) is 30.3 Å². The first-order chi connectivity index (χ1) is 12.0. The van der Waals surface area contributed by atoms with Crippen molar-refractivity contribution in [2.75, 3.05) is 13.1 Å². The number of rotatable bonds is 7. The SMILES string of the molecule is O=CN(O)C[C@@H](Cc1ccccc1)C(=O)N[C@H]1CCCCN(O)C1=O. The van der Waals surface area contributed by atoms with Crippen LogP contribution in [0.5, 0.6) is 0 Å². The van der Waals surface area contributed by atoms with Gasteiger partial charge in [-0.3, -0.25) is 24.8 Å². The smallest absolute Gasteiger partial charge is 0.268 e. The van der Waals surface area contributed by atoms with Gasteiger partial charge in [-0.05, 0) is 31.2 Å². The lowest BCUT2D eigenvalue weighted by atomic mass is 9.97. The highest BCUT2D eigenvalue weighted by molar-refractivity contribution is 5.88. The minimum atomic E-state index is -0.804. The summed E-state index contributed by atoms with van der Waals surface area (Å²) in [7, 11) is 0. The third kappa shape index (κ3) is 5.54. The molecule has 3 N–H and O–H groups in total. The Balaban J connectivity index is 2.08. The van der Waals surface area contributed by atoms with Crippen molar-refractivity contribution in [3.05, 3.63) is 35.9 Å². The van der Waals surface area contributed by atoms with E-state index in [1.165, 1.54) is 0 Å².